The van der Waals surface area contributed by atoms with Gasteiger partial charge >= 0.3 is 10.1 Å². The summed E-state index contributed by atoms with van der Waals surface area (Å²) >= 11 is 0. The Labute approximate surface area is 146 Å². The van der Waals surface area contributed by atoms with Gasteiger partial charge in [-0.3, -0.25) is 9.35 Å². The fourth-order valence-corrected chi connectivity index (χ4v) is 2.56. The maximum atomic E-state index is 11.9. The Morgan fingerprint density at radius 2 is 1.84 bits per heavy atom. The molecule has 2 rings (SSSR count). The number of aromatic hydroxyl groups is 1. The minimum absolute atomic E-state index is 0.121. The maximum Gasteiger partial charge on any atom is 0.300 e. The van der Waals surface area contributed by atoms with Gasteiger partial charge in [-0.15, -0.1) is 0 Å². The third kappa shape index (κ3) is 6.09. The van der Waals surface area contributed by atoms with Gasteiger partial charge in [-0.25, -0.2) is 0 Å². The van der Waals surface area contributed by atoms with E-state index in [2.05, 4.69) is 0 Å². The normalized spacial score (nSPS) is 11.1. The fraction of sp³-hybridized carbons (Fsp3) is 0.235. The Bertz CT molecular complexity index is 832. The number of amides is 1. The highest BCUT2D eigenvalue weighted by Gasteiger charge is 2.12. The molecule has 0 aliphatic carbocycles. The zero-order chi connectivity index (χ0) is 18.4. The van der Waals surface area contributed by atoms with Gasteiger partial charge in [0.1, 0.15) is 11.5 Å². The van der Waals surface area contributed by atoms with Crippen LogP contribution in [0.4, 0.5) is 5.69 Å². The van der Waals surface area contributed by atoms with Gasteiger partial charge in [-0.05, 0) is 48.4 Å². The summed E-state index contributed by atoms with van der Waals surface area (Å²) in [7, 11) is -4.21. The van der Waals surface area contributed by atoms with Crippen molar-refractivity contribution >= 4 is 21.7 Å². The standard InChI is InChI=1S/C17H19NO6S/c1-13(19)18(15-5-7-16(20)8-6-15)10-9-14-3-2-4-17(11-14)24-12-25(21,22)23/h2-8,11,20H,9-10,12H2,1H3,(H,21,22,23). The van der Waals surface area contributed by atoms with E-state index >= 15 is 0 Å². The first kappa shape index (κ1) is 18.8. The summed E-state index contributed by atoms with van der Waals surface area (Å²) in [6.07, 6.45) is 0.517. The van der Waals surface area contributed by atoms with Gasteiger partial charge in [0.25, 0.3) is 0 Å². The Kier molecular flexibility index (Phi) is 6.00. The predicted molar refractivity (Wildman–Crippen MR) is 93.3 cm³/mol. The Balaban J connectivity index is 2.05. The van der Waals surface area contributed by atoms with Crippen molar-refractivity contribution in [3.8, 4) is 11.5 Å². The van der Waals surface area contributed by atoms with Crippen molar-refractivity contribution in [3.63, 3.8) is 0 Å². The molecular formula is C17H19NO6S. The number of hydrogen-bond donors (Lipinski definition) is 2. The summed E-state index contributed by atoms with van der Waals surface area (Å²) in [6, 6.07) is 13.1. The summed E-state index contributed by atoms with van der Waals surface area (Å²) in [5, 5.41) is 9.35. The van der Waals surface area contributed by atoms with Gasteiger partial charge < -0.3 is 14.7 Å². The summed E-state index contributed by atoms with van der Waals surface area (Å²) in [5.74, 6) is -0.515. The lowest BCUT2D eigenvalue weighted by atomic mass is 10.1. The molecule has 0 atom stereocenters. The molecular weight excluding hydrogens is 346 g/mol. The minimum atomic E-state index is -4.21. The molecule has 2 aromatic carbocycles. The smallest absolute Gasteiger partial charge is 0.300 e. The van der Waals surface area contributed by atoms with E-state index in [1.807, 2.05) is 6.07 Å². The molecule has 2 aromatic rings. The lowest BCUT2D eigenvalue weighted by Gasteiger charge is -2.21. The highest BCUT2D eigenvalue weighted by Crippen LogP contribution is 2.20. The average Bonchev–Trinajstić information content (AvgIpc) is 2.54. The van der Waals surface area contributed by atoms with Crippen molar-refractivity contribution in [1.29, 1.82) is 0 Å². The van der Waals surface area contributed by atoms with E-state index in [0.29, 0.717) is 24.4 Å². The first-order valence-electron chi connectivity index (χ1n) is 7.48. The molecule has 0 aliphatic rings. The molecule has 1 amide bonds. The van der Waals surface area contributed by atoms with Crippen LogP contribution in [0.5, 0.6) is 11.5 Å². The number of nitrogens with zero attached hydrogens (tertiary/aromatic N) is 1. The molecule has 0 fully saturated rings. The van der Waals surface area contributed by atoms with Crippen LogP contribution in [0.25, 0.3) is 0 Å². The molecule has 0 aromatic heterocycles. The Morgan fingerprint density at radius 3 is 2.44 bits per heavy atom. The molecule has 0 heterocycles. The molecule has 134 valence electrons. The van der Waals surface area contributed by atoms with E-state index in [4.69, 9.17) is 9.29 Å². The first-order valence-corrected chi connectivity index (χ1v) is 9.09. The summed E-state index contributed by atoms with van der Waals surface area (Å²) < 4.78 is 35.2. The van der Waals surface area contributed by atoms with E-state index in [9.17, 15) is 18.3 Å². The maximum absolute atomic E-state index is 11.9. The van der Waals surface area contributed by atoms with E-state index in [1.165, 1.54) is 19.1 Å². The van der Waals surface area contributed by atoms with Crippen LogP contribution in [0, 0.1) is 0 Å². The number of carbonyl (C=O) groups is 1. The highest BCUT2D eigenvalue weighted by atomic mass is 32.2. The molecule has 0 unspecified atom stereocenters. The van der Waals surface area contributed by atoms with Crippen molar-refractivity contribution < 1.29 is 27.6 Å². The second-order valence-corrected chi connectivity index (χ2v) is 6.83. The number of phenols is 1. The van der Waals surface area contributed by atoms with Crippen molar-refractivity contribution in [1.82, 2.24) is 0 Å². The van der Waals surface area contributed by atoms with E-state index in [-0.39, 0.29) is 11.7 Å². The van der Waals surface area contributed by atoms with Gasteiger partial charge in [0.05, 0.1) is 0 Å². The van der Waals surface area contributed by atoms with Crippen LogP contribution in [-0.4, -0.2) is 36.5 Å². The number of benzene rings is 2. The zero-order valence-corrected chi connectivity index (χ0v) is 14.4. The lowest BCUT2D eigenvalue weighted by molar-refractivity contribution is -0.116. The van der Waals surface area contributed by atoms with Gasteiger partial charge in [-0.2, -0.15) is 8.42 Å². The molecule has 0 spiro atoms. The average molecular weight is 365 g/mol. The third-order valence-corrected chi connectivity index (χ3v) is 3.85. The van der Waals surface area contributed by atoms with Gasteiger partial charge in [0.2, 0.25) is 11.8 Å². The fourth-order valence-electron chi connectivity index (χ4n) is 2.28. The first-order chi connectivity index (χ1) is 11.7. The molecule has 0 radical (unpaired) electrons. The number of ether oxygens (including phenoxy) is 1. The third-order valence-electron chi connectivity index (χ3n) is 3.44. The predicted octanol–water partition coefficient (Wildman–Crippen LogP) is 2.21. The highest BCUT2D eigenvalue weighted by molar-refractivity contribution is 7.85. The van der Waals surface area contributed by atoms with E-state index in [1.54, 1.807) is 35.2 Å². The molecule has 0 aliphatic heterocycles. The van der Waals surface area contributed by atoms with Gasteiger partial charge in [-0.1, -0.05) is 12.1 Å². The largest absolute Gasteiger partial charge is 0.508 e. The van der Waals surface area contributed by atoms with E-state index < -0.39 is 16.1 Å². The van der Waals surface area contributed by atoms with Gasteiger partial charge in [0, 0.05) is 19.2 Å². The van der Waals surface area contributed by atoms with Gasteiger partial charge in [0.15, 0.2) is 0 Å². The molecule has 8 heteroatoms. The van der Waals surface area contributed by atoms with Crippen LogP contribution in [-0.2, 0) is 21.3 Å². The molecule has 0 saturated heterocycles. The summed E-state index contributed by atoms with van der Waals surface area (Å²) in [6.45, 7) is 1.86. The van der Waals surface area contributed by atoms with Crippen molar-refractivity contribution in [2.45, 2.75) is 13.3 Å². The lowest BCUT2D eigenvalue weighted by Crippen LogP contribution is -2.30. The van der Waals surface area contributed by atoms with Crippen LogP contribution in [0.2, 0.25) is 0 Å². The Hall–Kier alpha value is -2.58. The van der Waals surface area contributed by atoms with Crippen molar-refractivity contribution in [2.24, 2.45) is 0 Å². The second kappa shape index (κ2) is 8.00. The number of phenolic OH excluding ortho intramolecular Hbond substituents is 1. The van der Waals surface area contributed by atoms with Crippen molar-refractivity contribution in [2.75, 3.05) is 17.4 Å². The zero-order valence-electron chi connectivity index (χ0n) is 13.6. The summed E-state index contributed by atoms with van der Waals surface area (Å²) in [4.78, 5) is 13.4. The Morgan fingerprint density at radius 1 is 1.16 bits per heavy atom. The van der Waals surface area contributed by atoms with Crippen LogP contribution in [0.3, 0.4) is 0 Å². The number of anilines is 1. The second-order valence-electron chi connectivity index (χ2n) is 5.43. The summed E-state index contributed by atoms with van der Waals surface area (Å²) in [5.41, 5.74) is 1.52. The minimum Gasteiger partial charge on any atom is -0.508 e. The number of rotatable bonds is 7. The van der Waals surface area contributed by atoms with E-state index in [0.717, 1.165) is 5.56 Å². The van der Waals surface area contributed by atoms with Crippen LogP contribution in [0.15, 0.2) is 48.5 Å². The van der Waals surface area contributed by atoms with Crippen LogP contribution >= 0.6 is 0 Å². The quantitative estimate of drug-likeness (QED) is 0.729. The number of carbonyl (C=O) groups excluding carboxylic acids is 1. The van der Waals surface area contributed by atoms with Crippen LogP contribution in [0.1, 0.15) is 12.5 Å². The monoisotopic (exact) mass is 365 g/mol. The SMILES string of the molecule is CC(=O)N(CCc1cccc(OCS(=O)(=O)O)c1)c1ccc(O)cc1. The number of hydrogen-bond acceptors (Lipinski definition) is 5. The molecule has 7 nitrogen and oxygen atoms in total. The topological polar surface area (TPSA) is 104 Å². The molecule has 0 bridgehead atoms. The van der Waals surface area contributed by atoms with Crippen LogP contribution < -0.4 is 9.64 Å². The molecule has 2 N–H and O–H groups in total. The molecule has 0 saturated carbocycles. The molecule has 25 heavy (non-hydrogen) atoms. The van der Waals surface area contributed by atoms with Crippen molar-refractivity contribution in [3.05, 3.63) is 54.1 Å².